The van der Waals surface area contributed by atoms with E-state index in [9.17, 15) is 4.79 Å². The molecule has 2 aromatic rings. The van der Waals surface area contributed by atoms with Gasteiger partial charge in [-0.2, -0.15) is 5.26 Å². The number of methoxy groups -OCH3 is 1. The molecule has 0 heterocycles. The van der Waals surface area contributed by atoms with Crippen LogP contribution < -0.4 is 4.74 Å². The minimum absolute atomic E-state index is 0.519. The van der Waals surface area contributed by atoms with Crippen molar-refractivity contribution in [3.05, 3.63) is 53.6 Å². The molecule has 0 aliphatic carbocycles. The van der Waals surface area contributed by atoms with Crippen LogP contribution in [0.25, 0.3) is 11.1 Å². The van der Waals surface area contributed by atoms with Gasteiger partial charge >= 0.3 is 0 Å². The molecule has 0 aliphatic heterocycles. The summed E-state index contributed by atoms with van der Waals surface area (Å²) in [5.41, 5.74) is 2.57. The van der Waals surface area contributed by atoms with Gasteiger partial charge in [0.2, 0.25) is 0 Å². The summed E-state index contributed by atoms with van der Waals surface area (Å²) in [6.45, 7) is 0. The Balaban J connectivity index is 2.69. The fourth-order valence-electron chi connectivity index (χ4n) is 1.82. The molecule has 0 atom stereocenters. The molecule has 2 aromatic carbocycles. The first-order chi connectivity index (χ1) is 8.80. The zero-order valence-corrected chi connectivity index (χ0v) is 9.88. The summed E-state index contributed by atoms with van der Waals surface area (Å²) in [5.74, 6) is 0.678. The number of hydrogen-bond acceptors (Lipinski definition) is 3. The van der Waals surface area contributed by atoms with E-state index in [1.54, 1.807) is 25.3 Å². The second kappa shape index (κ2) is 5.15. The second-order valence-electron chi connectivity index (χ2n) is 3.73. The minimum Gasteiger partial charge on any atom is -0.496 e. The summed E-state index contributed by atoms with van der Waals surface area (Å²) in [6, 6.07) is 14.5. The molecule has 3 nitrogen and oxygen atoms in total. The van der Waals surface area contributed by atoms with E-state index in [0.29, 0.717) is 22.4 Å². The summed E-state index contributed by atoms with van der Waals surface area (Å²) < 4.78 is 5.28. The molecule has 0 bridgehead atoms. The Morgan fingerprint density at radius 3 is 2.61 bits per heavy atom. The maximum Gasteiger partial charge on any atom is 0.150 e. The Hall–Kier alpha value is -2.60. The number of ether oxygens (including phenoxy) is 1. The van der Waals surface area contributed by atoms with Crippen molar-refractivity contribution >= 4 is 6.29 Å². The molecule has 0 aliphatic rings. The van der Waals surface area contributed by atoms with Crippen molar-refractivity contribution < 1.29 is 9.53 Å². The van der Waals surface area contributed by atoms with Crippen LogP contribution in [0, 0.1) is 11.3 Å². The van der Waals surface area contributed by atoms with Crippen molar-refractivity contribution in [1.82, 2.24) is 0 Å². The summed E-state index contributed by atoms with van der Waals surface area (Å²) in [4.78, 5) is 10.8. The number of benzene rings is 2. The Bertz CT molecular complexity index is 627. The van der Waals surface area contributed by atoms with E-state index in [0.717, 1.165) is 11.8 Å². The number of aldehydes is 1. The Kier molecular flexibility index (Phi) is 3.40. The lowest BCUT2D eigenvalue weighted by atomic mass is 9.97. The van der Waals surface area contributed by atoms with Crippen LogP contribution in [0.1, 0.15) is 15.9 Å². The van der Waals surface area contributed by atoms with Crippen LogP contribution in [0.15, 0.2) is 42.5 Å². The largest absolute Gasteiger partial charge is 0.496 e. The molecule has 0 fully saturated rings. The van der Waals surface area contributed by atoms with Crippen LogP contribution >= 0.6 is 0 Å². The second-order valence-corrected chi connectivity index (χ2v) is 3.73. The molecular formula is C15H11NO2. The van der Waals surface area contributed by atoms with Crippen molar-refractivity contribution in [3.8, 4) is 22.9 Å². The summed E-state index contributed by atoms with van der Waals surface area (Å²) >= 11 is 0. The van der Waals surface area contributed by atoms with Gasteiger partial charge in [-0.1, -0.05) is 24.3 Å². The normalized spacial score (nSPS) is 9.56. The molecule has 88 valence electrons. The highest BCUT2D eigenvalue weighted by atomic mass is 16.5. The molecule has 0 spiro atoms. The van der Waals surface area contributed by atoms with Gasteiger partial charge in [0.05, 0.1) is 18.7 Å². The molecule has 0 radical (unpaired) electrons. The van der Waals surface area contributed by atoms with Gasteiger partial charge in [-0.15, -0.1) is 0 Å². The Morgan fingerprint density at radius 1 is 1.17 bits per heavy atom. The summed E-state index contributed by atoms with van der Waals surface area (Å²) in [5, 5.41) is 9.13. The van der Waals surface area contributed by atoms with Gasteiger partial charge in [0.1, 0.15) is 12.0 Å². The first-order valence-corrected chi connectivity index (χ1v) is 5.43. The van der Waals surface area contributed by atoms with E-state index >= 15 is 0 Å². The molecule has 2 rings (SSSR count). The van der Waals surface area contributed by atoms with Crippen LogP contribution in [0.4, 0.5) is 0 Å². The third-order valence-corrected chi connectivity index (χ3v) is 2.70. The molecule has 0 aromatic heterocycles. The van der Waals surface area contributed by atoms with Crippen molar-refractivity contribution in [2.24, 2.45) is 0 Å². The van der Waals surface area contributed by atoms with Gasteiger partial charge in [-0.05, 0) is 18.2 Å². The highest BCUT2D eigenvalue weighted by molar-refractivity contribution is 5.83. The minimum atomic E-state index is 0.519. The number of carbonyl (C=O) groups excluding carboxylic acids is 1. The van der Waals surface area contributed by atoms with Gasteiger partial charge in [0.15, 0.2) is 0 Å². The zero-order chi connectivity index (χ0) is 13.0. The lowest BCUT2D eigenvalue weighted by molar-refractivity contribution is 0.112. The average Bonchev–Trinajstić information content (AvgIpc) is 2.46. The maximum atomic E-state index is 10.8. The van der Waals surface area contributed by atoms with Gasteiger partial charge in [0, 0.05) is 16.7 Å². The number of para-hydroxylation sites is 1. The van der Waals surface area contributed by atoms with Crippen LogP contribution in [-0.4, -0.2) is 13.4 Å². The van der Waals surface area contributed by atoms with Crippen LogP contribution in [0.2, 0.25) is 0 Å². The highest BCUT2D eigenvalue weighted by Gasteiger charge is 2.10. The topological polar surface area (TPSA) is 50.1 Å². The lowest BCUT2D eigenvalue weighted by Gasteiger charge is -2.10. The molecular weight excluding hydrogens is 226 g/mol. The van der Waals surface area contributed by atoms with Gasteiger partial charge in [0.25, 0.3) is 0 Å². The lowest BCUT2D eigenvalue weighted by Crippen LogP contribution is -1.92. The highest BCUT2D eigenvalue weighted by Crippen LogP contribution is 2.32. The van der Waals surface area contributed by atoms with Gasteiger partial charge in [-0.25, -0.2) is 0 Å². The standard InChI is InChI=1S/C15H11NO2/c1-18-15-5-3-2-4-13(15)14-8-11(10-17)6-7-12(14)9-16/h2-8,10H,1H3. The van der Waals surface area contributed by atoms with Crippen molar-refractivity contribution in [2.75, 3.05) is 7.11 Å². The SMILES string of the molecule is COc1ccccc1-c1cc(C=O)ccc1C#N. The van der Waals surface area contributed by atoms with Crippen molar-refractivity contribution in [3.63, 3.8) is 0 Å². The quantitative estimate of drug-likeness (QED) is 0.771. The molecule has 0 amide bonds. The number of nitrogens with zero attached hydrogens (tertiary/aromatic N) is 1. The van der Waals surface area contributed by atoms with Crippen molar-refractivity contribution in [1.29, 1.82) is 5.26 Å². The molecule has 0 unspecified atom stereocenters. The number of nitriles is 1. The predicted octanol–water partition coefficient (Wildman–Crippen LogP) is 3.05. The van der Waals surface area contributed by atoms with E-state index < -0.39 is 0 Å². The number of hydrogen-bond donors (Lipinski definition) is 0. The number of carbonyl (C=O) groups is 1. The smallest absolute Gasteiger partial charge is 0.150 e. The third kappa shape index (κ3) is 2.09. The zero-order valence-electron chi connectivity index (χ0n) is 9.88. The maximum absolute atomic E-state index is 10.8. The van der Waals surface area contributed by atoms with Gasteiger partial charge in [-0.3, -0.25) is 4.79 Å². The first kappa shape index (κ1) is 11.9. The Labute approximate surface area is 105 Å². The van der Waals surface area contributed by atoms with E-state index in [1.165, 1.54) is 0 Å². The van der Waals surface area contributed by atoms with Gasteiger partial charge < -0.3 is 4.74 Å². The fourth-order valence-corrected chi connectivity index (χ4v) is 1.82. The van der Waals surface area contributed by atoms with Crippen LogP contribution in [-0.2, 0) is 0 Å². The monoisotopic (exact) mass is 237 g/mol. The molecule has 3 heteroatoms. The third-order valence-electron chi connectivity index (χ3n) is 2.70. The van der Waals surface area contributed by atoms with Crippen LogP contribution in [0.5, 0.6) is 5.75 Å². The predicted molar refractivity (Wildman–Crippen MR) is 68.5 cm³/mol. The van der Waals surface area contributed by atoms with E-state index in [1.807, 2.05) is 24.3 Å². The molecule has 0 saturated heterocycles. The number of rotatable bonds is 3. The summed E-state index contributed by atoms with van der Waals surface area (Å²) in [6.07, 6.45) is 0.764. The molecule has 0 saturated carbocycles. The van der Waals surface area contributed by atoms with Crippen molar-refractivity contribution in [2.45, 2.75) is 0 Å². The molecule has 18 heavy (non-hydrogen) atoms. The van der Waals surface area contributed by atoms with Crippen LogP contribution in [0.3, 0.4) is 0 Å². The fraction of sp³-hybridized carbons (Fsp3) is 0.0667. The summed E-state index contributed by atoms with van der Waals surface area (Å²) in [7, 11) is 1.58. The average molecular weight is 237 g/mol. The first-order valence-electron chi connectivity index (χ1n) is 5.43. The van der Waals surface area contributed by atoms with E-state index in [-0.39, 0.29) is 0 Å². The van der Waals surface area contributed by atoms with E-state index in [2.05, 4.69) is 6.07 Å². The van der Waals surface area contributed by atoms with E-state index in [4.69, 9.17) is 10.00 Å². The Morgan fingerprint density at radius 2 is 1.94 bits per heavy atom. The molecule has 0 N–H and O–H groups in total.